The summed E-state index contributed by atoms with van der Waals surface area (Å²) in [7, 11) is 0. The Morgan fingerprint density at radius 3 is 2.30 bits per heavy atom. The Bertz CT molecular complexity index is 1210. The second kappa shape index (κ2) is 7.63. The number of nitrogens with zero attached hydrogens (tertiary/aromatic N) is 2. The number of benzene rings is 1. The predicted octanol–water partition coefficient (Wildman–Crippen LogP) is 3.09. The summed E-state index contributed by atoms with van der Waals surface area (Å²) in [5.74, 6) is 0.0261. The smallest absolute Gasteiger partial charge is 0.339 e. The van der Waals surface area contributed by atoms with E-state index in [2.05, 4.69) is 0 Å². The molecule has 1 aliphatic heterocycles. The van der Waals surface area contributed by atoms with Crippen molar-refractivity contribution in [1.82, 2.24) is 9.80 Å². The van der Waals surface area contributed by atoms with E-state index in [1.807, 2.05) is 26.8 Å². The van der Waals surface area contributed by atoms with Crippen LogP contribution in [0.3, 0.4) is 0 Å². The quantitative estimate of drug-likeness (QED) is 0.620. The molecule has 3 heterocycles. The number of hydrogen-bond acceptors (Lipinski definition) is 5. The maximum atomic E-state index is 12.7. The van der Waals surface area contributed by atoms with Gasteiger partial charge in [-0.1, -0.05) is 0 Å². The Labute approximate surface area is 174 Å². The first-order valence-electron chi connectivity index (χ1n) is 10.2. The number of carbonyl (C=O) groups is 2. The first kappa shape index (κ1) is 20.2. The molecule has 2 amide bonds. The van der Waals surface area contributed by atoms with Crippen LogP contribution in [0.2, 0.25) is 0 Å². The minimum atomic E-state index is -0.403. The molecule has 4 rings (SSSR count). The van der Waals surface area contributed by atoms with Crippen LogP contribution < -0.4 is 5.63 Å². The van der Waals surface area contributed by atoms with E-state index < -0.39 is 5.63 Å². The minimum Gasteiger partial charge on any atom is -0.464 e. The fourth-order valence-corrected chi connectivity index (χ4v) is 4.27. The maximum absolute atomic E-state index is 12.7. The summed E-state index contributed by atoms with van der Waals surface area (Å²) in [6, 6.07) is 2.00. The number of fused-ring (bicyclic) bond motifs is 2. The molecule has 0 aliphatic carbocycles. The van der Waals surface area contributed by atoms with Crippen LogP contribution in [0.15, 0.2) is 26.0 Å². The summed E-state index contributed by atoms with van der Waals surface area (Å²) in [4.78, 5) is 40.3. The molecule has 3 aromatic rings. The van der Waals surface area contributed by atoms with Gasteiger partial charge in [-0.25, -0.2) is 4.79 Å². The van der Waals surface area contributed by atoms with Crippen LogP contribution >= 0.6 is 0 Å². The molecule has 0 bridgehead atoms. The largest absolute Gasteiger partial charge is 0.464 e. The molecule has 0 saturated carbocycles. The van der Waals surface area contributed by atoms with Gasteiger partial charge >= 0.3 is 5.63 Å². The molecule has 0 unspecified atom stereocenters. The van der Waals surface area contributed by atoms with Crippen LogP contribution in [0.1, 0.15) is 35.6 Å². The molecule has 1 fully saturated rings. The highest BCUT2D eigenvalue weighted by atomic mass is 16.4. The van der Waals surface area contributed by atoms with Crippen LogP contribution in [0.25, 0.3) is 21.9 Å². The average Bonchev–Trinajstić information content (AvgIpc) is 3.10. The molecule has 1 aliphatic rings. The van der Waals surface area contributed by atoms with E-state index in [1.54, 1.807) is 23.0 Å². The highest BCUT2D eigenvalue weighted by Crippen LogP contribution is 2.32. The fourth-order valence-electron chi connectivity index (χ4n) is 4.27. The molecular weight excluding hydrogens is 384 g/mol. The first-order valence-corrected chi connectivity index (χ1v) is 10.2. The lowest BCUT2D eigenvalue weighted by Gasteiger charge is -2.34. The van der Waals surface area contributed by atoms with Gasteiger partial charge in [0, 0.05) is 61.4 Å². The molecule has 0 radical (unpaired) electrons. The molecule has 2 aromatic heterocycles. The average molecular weight is 410 g/mol. The molecule has 1 saturated heterocycles. The first-order chi connectivity index (χ1) is 14.3. The van der Waals surface area contributed by atoms with Crippen molar-refractivity contribution < 1.29 is 18.4 Å². The van der Waals surface area contributed by atoms with E-state index in [0.717, 1.165) is 33.0 Å². The van der Waals surface area contributed by atoms with Gasteiger partial charge in [-0.2, -0.15) is 0 Å². The van der Waals surface area contributed by atoms with Crippen molar-refractivity contribution in [3.8, 4) is 0 Å². The van der Waals surface area contributed by atoms with E-state index in [9.17, 15) is 14.4 Å². The number of hydrogen-bond donors (Lipinski definition) is 0. The highest BCUT2D eigenvalue weighted by molar-refractivity contribution is 5.99. The van der Waals surface area contributed by atoms with E-state index >= 15 is 0 Å². The van der Waals surface area contributed by atoms with Gasteiger partial charge in [0.2, 0.25) is 11.8 Å². The van der Waals surface area contributed by atoms with Crippen LogP contribution in [-0.4, -0.2) is 47.8 Å². The molecular formula is C23H26N2O5. The maximum Gasteiger partial charge on any atom is 0.339 e. The minimum absolute atomic E-state index is 0.00518. The van der Waals surface area contributed by atoms with E-state index in [4.69, 9.17) is 8.83 Å². The van der Waals surface area contributed by atoms with Crippen LogP contribution in [0.5, 0.6) is 0 Å². The number of aryl methyl sites for hydroxylation is 3. The van der Waals surface area contributed by atoms with Crippen LogP contribution in [0, 0.1) is 20.8 Å². The zero-order valence-electron chi connectivity index (χ0n) is 17.8. The third-order valence-electron chi connectivity index (χ3n) is 6.20. The van der Waals surface area contributed by atoms with Gasteiger partial charge in [-0.05, 0) is 44.4 Å². The Morgan fingerprint density at radius 2 is 1.63 bits per heavy atom. The molecule has 1 aromatic carbocycles. The van der Waals surface area contributed by atoms with Crippen molar-refractivity contribution in [2.24, 2.45) is 0 Å². The molecule has 7 nitrogen and oxygen atoms in total. The van der Waals surface area contributed by atoms with Crippen molar-refractivity contribution in [2.45, 2.75) is 40.5 Å². The molecule has 158 valence electrons. The Morgan fingerprint density at radius 1 is 0.967 bits per heavy atom. The summed E-state index contributed by atoms with van der Waals surface area (Å²) < 4.78 is 11.3. The van der Waals surface area contributed by atoms with Crippen LogP contribution in [0.4, 0.5) is 0 Å². The van der Waals surface area contributed by atoms with Gasteiger partial charge in [0.25, 0.3) is 0 Å². The van der Waals surface area contributed by atoms with Crippen molar-refractivity contribution >= 4 is 33.8 Å². The van der Waals surface area contributed by atoms with Gasteiger partial charge in [0.05, 0.1) is 6.26 Å². The van der Waals surface area contributed by atoms with Gasteiger partial charge < -0.3 is 18.6 Å². The van der Waals surface area contributed by atoms with E-state index in [0.29, 0.717) is 43.7 Å². The third-order valence-corrected chi connectivity index (χ3v) is 6.20. The van der Waals surface area contributed by atoms with Crippen molar-refractivity contribution in [1.29, 1.82) is 0 Å². The molecule has 0 N–H and O–H groups in total. The highest BCUT2D eigenvalue weighted by Gasteiger charge is 2.23. The second-order valence-corrected chi connectivity index (χ2v) is 8.05. The number of carbonyl (C=O) groups excluding carboxylic acids is 2. The van der Waals surface area contributed by atoms with Crippen molar-refractivity contribution in [2.75, 3.05) is 26.2 Å². The van der Waals surface area contributed by atoms with E-state index in [-0.39, 0.29) is 18.2 Å². The molecule has 0 spiro atoms. The summed E-state index contributed by atoms with van der Waals surface area (Å²) in [6.45, 7) is 9.48. The number of amides is 2. The Hall–Kier alpha value is -3.09. The number of rotatable bonds is 3. The molecule has 0 atom stereocenters. The Balaban J connectivity index is 1.58. The molecule has 7 heteroatoms. The third kappa shape index (κ3) is 3.38. The van der Waals surface area contributed by atoms with Gasteiger partial charge in [-0.15, -0.1) is 0 Å². The summed E-state index contributed by atoms with van der Waals surface area (Å²) >= 11 is 0. The second-order valence-electron chi connectivity index (χ2n) is 8.05. The van der Waals surface area contributed by atoms with E-state index in [1.165, 1.54) is 0 Å². The van der Waals surface area contributed by atoms with Gasteiger partial charge in [-0.3, -0.25) is 9.59 Å². The topological polar surface area (TPSA) is 84.0 Å². The normalized spacial score (nSPS) is 14.7. The molecule has 30 heavy (non-hydrogen) atoms. The summed E-state index contributed by atoms with van der Waals surface area (Å²) in [6.07, 6.45) is 2.27. The lowest BCUT2D eigenvalue weighted by atomic mass is 9.98. The fraction of sp³-hybridized carbons (Fsp3) is 0.435. The Kier molecular flexibility index (Phi) is 5.13. The number of furan rings is 1. The van der Waals surface area contributed by atoms with Crippen molar-refractivity contribution in [3.05, 3.63) is 45.0 Å². The summed E-state index contributed by atoms with van der Waals surface area (Å²) in [5.41, 5.74) is 4.09. The number of piperazine rings is 1. The van der Waals surface area contributed by atoms with Crippen LogP contribution in [-0.2, 0) is 16.0 Å². The predicted molar refractivity (Wildman–Crippen MR) is 114 cm³/mol. The van der Waals surface area contributed by atoms with Gasteiger partial charge in [0.15, 0.2) is 0 Å². The standard InChI is InChI=1S/C23H26N2O5/c1-13-12-29-21-15(3)22-19(11-18(13)21)14(2)17(23(28)30-22)5-6-20(27)25-9-7-24(8-10-25)16(4)26/h11-12H,5-10H2,1-4H3. The van der Waals surface area contributed by atoms with Crippen molar-refractivity contribution in [3.63, 3.8) is 0 Å². The summed E-state index contributed by atoms with van der Waals surface area (Å²) in [5, 5.41) is 1.88. The SMILES string of the molecule is CC(=O)N1CCN(C(=O)CCc2c(C)c3cc4c(C)coc4c(C)c3oc2=O)CC1. The zero-order chi connectivity index (χ0) is 21.6. The lowest BCUT2D eigenvalue weighted by Crippen LogP contribution is -2.50. The van der Waals surface area contributed by atoms with Gasteiger partial charge in [0.1, 0.15) is 11.2 Å². The monoisotopic (exact) mass is 410 g/mol. The lowest BCUT2D eigenvalue weighted by molar-refractivity contribution is -0.138. The zero-order valence-corrected chi connectivity index (χ0v) is 17.8.